The molecule has 1 aliphatic rings. The summed E-state index contributed by atoms with van der Waals surface area (Å²) >= 11 is 3.74. The van der Waals surface area contributed by atoms with Crippen LogP contribution < -0.4 is 5.32 Å². The minimum absolute atomic E-state index is 0.0857. The van der Waals surface area contributed by atoms with Gasteiger partial charge in [0.25, 0.3) is 0 Å². The van der Waals surface area contributed by atoms with E-state index in [4.69, 9.17) is 0 Å². The Morgan fingerprint density at radius 1 is 1.25 bits per heavy atom. The molecule has 1 aromatic heterocycles. The summed E-state index contributed by atoms with van der Waals surface area (Å²) in [4.78, 5) is 0. The van der Waals surface area contributed by atoms with E-state index in [1.807, 2.05) is 0 Å². The van der Waals surface area contributed by atoms with Crippen molar-refractivity contribution < 1.29 is 5.11 Å². The predicted octanol–water partition coefficient (Wildman–Crippen LogP) is 3.33. The van der Waals surface area contributed by atoms with Gasteiger partial charge in [-0.25, -0.2) is 0 Å². The standard InChI is InChI=1S/C16H21BrN2O/c1-19-14-5-3-2-4-13(14)16(17)15(19)10-18-11-6-8-12(20)9-7-11/h2-5,11-12,18,20H,6-10H2,1H3. The molecule has 0 spiro atoms. The summed E-state index contributed by atoms with van der Waals surface area (Å²) in [6, 6.07) is 8.99. The van der Waals surface area contributed by atoms with E-state index in [1.165, 1.54) is 21.1 Å². The van der Waals surface area contributed by atoms with E-state index >= 15 is 0 Å². The highest BCUT2D eigenvalue weighted by molar-refractivity contribution is 9.10. The van der Waals surface area contributed by atoms with Crippen LogP contribution in [-0.2, 0) is 13.6 Å². The maximum Gasteiger partial charge on any atom is 0.0541 e. The molecule has 2 aromatic rings. The van der Waals surface area contributed by atoms with Crippen LogP contribution in [0.5, 0.6) is 0 Å². The third-order valence-corrected chi connectivity index (χ3v) is 5.30. The van der Waals surface area contributed by atoms with E-state index < -0.39 is 0 Å². The Morgan fingerprint density at radius 2 is 1.95 bits per heavy atom. The second-order valence-corrected chi connectivity index (χ2v) is 6.52. The number of fused-ring (bicyclic) bond motifs is 1. The zero-order valence-corrected chi connectivity index (χ0v) is 13.4. The molecule has 1 aliphatic carbocycles. The van der Waals surface area contributed by atoms with Gasteiger partial charge < -0.3 is 15.0 Å². The van der Waals surface area contributed by atoms with Crippen molar-refractivity contribution in [3.63, 3.8) is 0 Å². The highest BCUT2D eigenvalue weighted by Gasteiger charge is 2.20. The number of para-hydroxylation sites is 1. The summed E-state index contributed by atoms with van der Waals surface area (Å²) in [5.41, 5.74) is 2.55. The van der Waals surface area contributed by atoms with Gasteiger partial charge in [-0.05, 0) is 47.7 Å². The quantitative estimate of drug-likeness (QED) is 0.901. The van der Waals surface area contributed by atoms with Gasteiger partial charge in [0.05, 0.1) is 6.10 Å². The zero-order chi connectivity index (χ0) is 14.1. The van der Waals surface area contributed by atoms with Crippen molar-refractivity contribution in [3.8, 4) is 0 Å². The molecule has 1 fully saturated rings. The van der Waals surface area contributed by atoms with Crippen LogP contribution in [0.1, 0.15) is 31.4 Å². The lowest BCUT2D eigenvalue weighted by Crippen LogP contribution is -2.34. The Hall–Kier alpha value is -0.840. The SMILES string of the molecule is Cn1c(CNC2CCC(O)CC2)c(Br)c2ccccc21. The monoisotopic (exact) mass is 336 g/mol. The van der Waals surface area contributed by atoms with Crippen LogP contribution in [0.3, 0.4) is 0 Å². The number of nitrogens with one attached hydrogen (secondary N) is 1. The van der Waals surface area contributed by atoms with Crippen molar-refractivity contribution in [2.45, 2.75) is 44.4 Å². The summed E-state index contributed by atoms with van der Waals surface area (Å²) in [6.07, 6.45) is 3.91. The summed E-state index contributed by atoms with van der Waals surface area (Å²) in [6.45, 7) is 0.868. The van der Waals surface area contributed by atoms with Crippen LogP contribution in [0.4, 0.5) is 0 Å². The Bertz CT molecular complexity index is 561. The van der Waals surface area contributed by atoms with E-state index in [-0.39, 0.29) is 6.10 Å². The topological polar surface area (TPSA) is 37.2 Å². The zero-order valence-electron chi connectivity index (χ0n) is 11.8. The van der Waals surface area contributed by atoms with Crippen molar-refractivity contribution in [1.82, 2.24) is 9.88 Å². The normalized spacial score (nSPS) is 23.4. The van der Waals surface area contributed by atoms with E-state index in [1.54, 1.807) is 0 Å². The second-order valence-electron chi connectivity index (χ2n) is 5.72. The summed E-state index contributed by atoms with van der Waals surface area (Å²) in [5.74, 6) is 0. The number of hydrogen-bond acceptors (Lipinski definition) is 2. The van der Waals surface area contributed by atoms with Gasteiger partial charge in [0.2, 0.25) is 0 Å². The van der Waals surface area contributed by atoms with Crippen molar-refractivity contribution in [2.75, 3.05) is 0 Å². The molecule has 1 saturated carbocycles. The van der Waals surface area contributed by atoms with Gasteiger partial charge in [-0.3, -0.25) is 0 Å². The Kier molecular flexibility index (Phi) is 4.15. The maximum absolute atomic E-state index is 9.56. The van der Waals surface area contributed by atoms with Gasteiger partial charge >= 0.3 is 0 Å². The van der Waals surface area contributed by atoms with Gasteiger partial charge in [-0.1, -0.05) is 18.2 Å². The summed E-state index contributed by atoms with van der Waals surface area (Å²) in [7, 11) is 2.12. The van der Waals surface area contributed by atoms with Gasteiger partial charge in [0.1, 0.15) is 0 Å². The first kappa shape index (κ1) is 14.1. The molecule has 0 amide bonds. The van der Waals surface area contributed by atoms with E-state index in [0.29, 0.717) is 6.04 Å². The smallest absolute Gasteiger partial charge is 0.0541 e. The molecule has 108 valence electrons. The number of aryl methyl sites for hydroxylation is 1. The minimum Gasteiger partial charge on any atom is -0.393 e. The van der Waals surface area contributed by atoms with Gasteiger partial charge in [-0.15, -0.1) is 0 Å². The molecular weight excluding hydrogens is 316 g/mol. The third kappa shape index (κ3) is 2.65. The molecule has 0 unspecified atom stereocenters. The molecule has 0 radical (unpaired) electrons. The molecule has 0 atom stereocenters. The Labute approximate surface area is 128 Å². The summed E-state index contributed by atoms with van der Waals surface area (Å²) < 4.78 is 3.45. The van der Waals surface area contributed by atoms with Gasteiger partial charge in [0, 0.05) is 40.7 Å². The fourth-order valence-electron chi connectivity index (χ4n) is 3.12. The Morgan fingerprint density at radius 3 is 2.65 bits per heavy atom. The number of aliphatic hydroxyl groups is 1. The number of nitrogens with zero attached hydrogens (tertiary/aromatic N) is 1. The van der Waals surface area contributed by atoms with Crippen LogP contribution >= 0.6 is 15.9 Å². The number of aliphatic hydroxyl groups excluding tert-OH is 1. The second kappa shape index (κ2) is 5.88. The molecule has 3 nitrogen and oxygen atoms in total. The first-order chi connectivity index (χ1) is 9.66. The number of rotatable bonds is 3. The van der Waals surface area contributed by atoms with Gasteiger partial charge in [0.15, 0.2) is 0 Å². The molecule has 1 heterocycles. The largest absolute Gasteiger partial charge is 0.393 e. The van der Waals surface area contributed by atoms with Crippen molar-refractivity contribution in [3.05, 3.63) is 34.4 Å². The van der Waals surface area contributed by atoms with Crippen LogP contribution in [0.25, 0.3) is 10.9 Å². The average Bonchev–Trinajstić information content (AvgIpc) is 2.71. The first-order valence-electron chi connectivity index (χ1n) is 7.30. The average molecular weight is 337 g/mol. The van der Waals surface area contributed by atoms with E-state index in [0.717, 1.165) is 32.2 Å². The number of hydrogen-bond donors (Lipinski definition) is 2. The maximum atomic E-state index is 9.56. The Balaban J connectivity index is 1.74. The molecule has 3 rings (SSSR count). The van der Waals surface area contributed by atoms with E-state index in [9.17, 15) is 5.11 Å². The fraction of sp³-hybridized carbons (Fsp3) is 0.500. The van der Waals surface area contributed by atoms with Crippen LogP contribution in [0.2, 0.25) is 0 Å². The van der Waals surface area contributed by atoms with Crippen molar-refractivity contribution in [2.24, 2.45) is 7.05 Å². The number of aromatic nitrogens is 1. The molecule has 0 aliphatic heterocycles. The number of benzene rings is 1. The lowest BCUT2D eigenvalue weighted by Gasteiger charge is -2.26. The molecule has 0 bridgehead atoms. The van der Waals surface area contributed by atoms with Gasteiger partial charge in [-0.2, -0.15) is 0 Å². The lowest BCUT2D eigenvalue weighted by atomic mass is 9.93. The van der Waals surface area contributed by atoms with Crippen LogP contribution in [0.15, 0.2) is 28.7 Å². The highest BCUT2D eigenvalue weighted by atomic mass is 79.9. The molecule has 0 saturated heterocycles. The highest BCUT2D eigenvalue weighted by Crippen LogP contribution is 2.30. The fourth-order valence-corrected chi connectivity index (χ4v) is 3.86. The predicted molar refractivity (Wildman–Crippen MR) is 85.7 cm³/mol. The molecule has 4 heteroatoms. The number of halogens is 1. The lowest BCUT2D eigenvalue weighted by molar-refractivity contribution is 0.116. The summed E-state index contributed by atoms with van der Waals surface area (Å²) in [5, 5.41) is 14.5. The molecule has 20 heavy (non-hydrogen) atoms. The first-order valence-corrected chi connectivity index (χ1v) is 8.09. The van der Waals surface area contributed by atoms with E-state index in [2.05, 4.69) is 57.1 Å². The van der Waals surface area contributed by atoms with Crippen LogP contribution in [-0.4, -0.2) is 21.8 Å². The molecule has 2 N–H and O–H groups in total. The molecule has 1 aromatic carbocycles. The van der Waals surface area contributed by atoms with Crippen molar-refractivity contribution in [1.29, 1.82) is 0 Å². The van der Waals surface area contributed by atoms with Crippen molar-refractivity contribution >= 4 is 26.8 Å². The minimum atomic E-state index is -0.0857. The third-order valence-electron chi connectivity index (χ3n) is 4.41. The van der Waals surface area contributed by atoms with Crippen LogP contribution in [0, 0.1) is 0 Å². The molecular formula is C16H21BrN2O.